The third-order valence-electron chi connectivity index (χ3n) is 17.0. The van der Waals surface area contributed by atoms with Gasteiger partial charge in [0, 0.05) is 47.8 Å². The summed E-state index contributed by atoms with van der Waals surface area (Å²) in [4.78, 5) is 58.4. The van der Waals surface area contributed by atoms with Crippen LogP contribution in [0.5, 0.6) is 11.5 Å². The van der Waals surface area contributed by atoms with Gasteiger partial charge in [-0.05, 0) is 107 Å². The topological polar surface area (TPSA) is 175 Å². The summed E-state index contributed by atoms with van der Waals surface area (Å²) in [5.74, 6) is -3.62. The molecule has 0 aromatic heterocycles. The first-order valence-electron chi connectivity index (χ1n) is 27.9. The molecule has 420 valence electrons. The van der Waals surface area contributed by atoms with Crippen LogP contribution in [0.4, 0.5) is 9.59 Å². The highest BCUT2D eigenvalue weighted by Gasteiger charge is 2.46. The highest BCUT2D eigenvalue weighted by atomic mass is 32.2. The molecule has 15 heteroatoms. The average Bonchev–Trinajstić information content (AvgIpc) is 1.71. The van der Waals surface area contributed by atoms with Crippen molar-refractivity contribution in [2.45, 2.75) is 40.9 Å². The number of hydrogen-bond donors (Lipinski definition) is 0. The summed E-state index contributed by atoms with van der Waals surface area (Å²) >= 11 is -3.15. The molecule has 86 heavy (non-hydrogen) atoms. The minimum Gasteiger partial charge on any atom is -0.432 e. The van der Waals surface area contributed by atoms with Crippen LogP contribution < -0.4 is 9.47 Å². The van der Waals surface area contributed by atoms with Crippen LogP contribution in [0.1, 0.15) is 88.2 Å². The van der Waals surface area contributed by atoms with Gasteiger partial charge in [-0.25, -0.2) is 23.4 Å². The summed E-state index contributed by atoms with van der Waals surface area (Å²) in [5.41, 5.74) is 12.4. The first-order chi connectivity index (χ1) is 42.0. The van der Waals surface area contributed by atoms with Gasteiger partial charge in [0.15, 0.2) is 0 Å². The second-order valence-corrected chi connectivity index (χ2v) is 24.1. The van der Waals surface area contributed by atoms with Crippen LogP contribution in [0, 0.1) is 0 Å². The Kier molecular flexibility index (Phi) is 12.7. The lowest BCUT2D eigenvalue weighted by Gasteiger charge is -2.22. The quantitative estimate of drug-likeness (QED) is 0.0642. The molecule has 5 aliphatic carbocycles. The molecule has 10 aromatic rings. The standard InChI is InChI=1S/C71H46O13S2/c72-68(81-61-33-15-31-46-43-20-4-1-17-40(43)35-56(46)61)64-63-45-22-6-3-19-42(45)37-58(63)66(85(76)83-70(74)79-38-59-52-27-11-7-23-48(52)49-24-8-12-28-53(49)59)65(69(73)82-62-34-16-32-47-44-21-5-2-18-41(44)36-57(47)62)67(64)86(77,78)84-71(75)80-39-60-54-29-13-9-25-50(54)51-26-10-14-30-55(51)60/h1-34,59-60H,35-39H2. The fourth-order valence-electron chi connectivity index (χ4n) is 13.4. The van der Waals surface area contributed by atoms with Crippen molar-refractivity contribution in [2.24, 2.45) is 0 Å². The molecule has 0 spiro atoms. The Morgan fingerprint density at radius 1 is 0.407 bits per heavy atom. The molecule has 0 amide bonds. The molecule has 0 saturated carbocycles. The fraction of sp³-hybridized carbons (Fsp3) is 0.0986. The lowest BCUT2D eigenvalue weighted by molar-refractivity contribution is 0.0715. The molecule has 13 nitrogen and oxygen atoms in total. The van der Waals surface area contributed by atoms with Gasteiger partial charge < -0.3 is 27.3 Å². The number of carbonyl (C=O) groups excluding carboxylic acids is 4. The van der Waals surface area contributed by atoms with Crippen molar-refractivity contribution in [3.8, 4) is 67.1 Å². The van der Waals surface area contributed by atoms with Gasteiger partial charge >= 0.3 is 34.4 Å². The molecule has 0 saturated heterocycles. The van der Waals surface area contributed by atoms with E-state index in [1.54, 1.807) is 42.5 Å². The molecule has 0 radical (unpaired) electrons. The molecule has 0 fully saturated rings. The SMILES string of the molecule is O=C(OCC1c2ccccc2-c2ccccc21)OS(=O)c1c2c(c(C(=O)Oc3cccc4c3Cc3ccccc3-4)c(S(=O)(=O)OC(=O)OCC3c4ccccc4-c4ccccc43)c1C(=O)Oc1cccc3c1Cc1ccccc1-3)-c1ccccc1C2. The number of rotatable bonds is 12. The summed E-state index contributed by atoms with van der Waals surface area (Å²) in [6, 6.07) is 62.7. The number of ether oxygens (including phenoxy) is 4. The van der Waals surface area contributed by atoms with Gasteiger partial charge in [0.1, 0.15) is 35.2 Å². The second kappa shape index (κ2) is 20.8. The van der Waals surface area contributed by atoms with Crippen molar-refractivity contribution < 1.29 is 59.1 Å². The van der Waals surface area contributed by atoms with Crippen LogP contribution >= 0.6 is 0 Å². The van der Waals surface area contributed by atoms with Gasteiger partial charge in [-0.3, -0.25) is 0 Å². The van der Waals surface area contributed by atoms with E-state index >= 15 is 22.2 Å². The van der Waals surface area contributed by atoms with Crippen molar-refractivity contribution in [1.82, 2.24) is 0 Å². The molecular formula is C71H46O13S2. The van der Waals surface area contributed by atoms with Crippen LogP contribution in [-0.2, 0) is 58.3 Å². The number of benzene rings is 10. The Balaban J connectivity index is 0.880. The van der Waals surface area contributed by atoms with Gasteiger partial charge in [-0.2, -0.15) is 8.42 Å². The molecule has 0 aliphatic heterocycles. The van der Waals surface area contributed by atoms with E-state index in [9.17, 15) is 9.59 Å². The zero-order chi connectivity index (χ0) is 58.4. The third kappa shape index (κ3) is 8.71. The highest BCUT2D eigenvalue weighted by molar-refractivity contribution is 7.87. The van der Waals surface area contributed by atoms with E-state index in [-0.39, 0.29) is 47.8 Å². The van der Waals surface area contributed by atoms with E-state index in [1.807, 2.05) is 158 Å². The Hall–Kier alpha value is -10.2. The van der Waals surface area contributed by atoms with E-state index < -0.39 is 78.2 Å². The fourth-order valence-corrected chi connectivity index (χ4v) is 15.6. The van der Waals surface area contributed by atoms with Gasteiger partial charge in [0.25, 0.3) is 0 Å². The Bertz CT molecular complexity index is 4650. The number of fused-ring (bicyclic) bond motifs is 15. The zero-order valence-electron chi connectivity index (χ0n) is 45.4. The smallest absolute Gasteiger partial charge is 0.432 e. The molecule has 10 aromatic carbocycles. The van der Waals surface area contributed by atoms with Gasteiger partial charge in [-0.1, -0.05) is 194 Å². The maximum absolute atomic E-state index is 15.9. The Morgan fingerprint density at radius 2 is 0.779 bits per heavy atom. The van der Waals surface area contributed by atoms with E-state index in [0.717, 1.165) is 77.9 Å². The van der Waals surface area contributed by atoms with Crippen molar-refractivity contribution in [3.63, 3.8) is 0 Å². The molecule has 15 rings (SSSR count). The van der Waals surface area contributed by atoms with Crippen LogP contribution in [0.15, 0.2) is 216 Å². The maximum atomic E-state index is 15.9. The van der Waals surface area contributed by atoms with Crippen molar-refractivity contribution in [1.29, 1.82) is 0 Å². The first-order valence-corrected chi connectivity index (χ1v) is 30.4. The predicted octanol–water partition coefficient (Wildman–Crippen LogP) is 14.5. The van der Waals surface area contributed by atoms with E-state index in [1.165, 1.54) is 6.07 Å². The molecule has 5 aliphatic rings. The summed E-state index contributed by atoms with van der Waals surface area (Å²) < 4.78 is 82.6. The third-order valence-corrected chi connectivity index (χ3v) is 19.3. The van der Waals surface area contributed by atoms with Gasteiger partial charge in [0.2, 0.25) is 11.1 Å². The molecule has 1 unspecified atom stereocenters. The van der Waals surface area contributed by atoms with Crippen LogP contribution in [0.3, 0.4) is 0 Å². The minimum atomic E-state index is -5.84. The Labute approximate surface area is 496 Å². The first kappa shape index (κ1) is 52.6. The van der Waals surface area contributed by atoms with Crippen LogP contribution in [-0.4, -0.2) is 50.1 Å². The average molecular weight is 1170 g/mol. The van der Waals surface area contributed by atoms with E-state index in [2.05, 4.69) is 0 Å². The molecule has 0 bridgehead atoms. The summed E-state index contributed by atoms with van der Waals surface area (Å²) in [6.45, 7) is -0.632. The lowest BCUT2D eigenvalue weighted by Crippen LogP contribution is -2.28. The lowest BCUT2D eigenvalue weighted by atomic mass is 9.96. The largest absolute Gasteiger partial charge is 0.524 e. The predicted molar refractivity (Wildman–Crippen MR) is 320 cm³/mol. The van der Waals surface area contributed by atoms with Crippen LogP contribution in [0.2, 0.25) is 0 Å². The van der Waals surface area contributed by atoms with Crippen LogP contribution in [0.25, 0.3) is 55.6 Å². The molecule has 1 atom stereocenters. The molecule has 0 N–H and O–H groups in total. The molecule has 0 heterocycles. The number of hydrogen-bond acceptors (Lipinski definition) is 13. The van der Waals surface area contributed by atoms with Crippen molar-refractivity contribution in [3.05, 3.63) is 273 Å². The molecular weight excluding hydrogens is 1120 g/mol. The second-order valence-electron chi connectivity index (χ2n) is 21.5. The summed E-state index contributed by atoms with van der Waals surface area (Å²) in [7, 11) is -5.84. The van der Waals surface area contributed by atoms with E-state index in [4.69, 9.17) is 27.3 Å². The summed E-state index contributed by atoms with van der Waals surface area (Å²) in [6.07, 6.45) is -2.62. The zero-order valence-corrected chi connectivity index (χ0v) is 47.1. The normalized spacial score (nSPS) is 13.7. The van der Waals surface area contributed by atoms with Gasteiger partial charge in [-0.15, -0.1) is 0 Å². The monoisotopic (exact) mass is 1170 g/mol. The minimum absolute atomic E-state index is 0.00557. The van der Waals surface area contributed by atoms with Crippen molar-refractivity contribution >= 4 is 45.4 Å². The van der Waals surface area contributed by atoms with Crippen molar-refractivity contribution in [2.75, 3.05) is 13.2 Å². The van der Waals surface area contributed by atoms with Gasteiger partial charge in [0.05, 0.1) is 10.5 Å². The maximum Gasteiger partial charge on any atom is 0.524 e. The summed E-state index contributed by atoms with van der Waals surface area (Å²) in [5, 5.41) is 0. The van der Waals surface area contributed by atoms with E-state index in [0.29, 0.717) is 29.5 Å². The Morgan fingerprint density at radius 3 is 1.26 bits per heavy atom. The number of carbonyl (C=O) groups is 4. The highest BCUT2D eigenvalue weighted by Crippen LogP contribution is 2.51. The number of esters is 2.